The molecule has 23 heavy (non-hydrogen) atoms. The maximum Gasteiger partial charge on any atom is 0.418 e. The Labute approximate surface area is 136 Å². The van der Waals surface area contributed by atoms with Gasteiger partial charge in [-0.3, -0.25) is 9.59 Å². The smallest absolute Gasteiger partial charge is 0.343 e. The number of carbonyl (C=O) groups is 2. The van der Waals surface area contributed by atoms with E-state index < -0.39 is 23.7 Å². The molecule has 1 aliphatic rings. The van der Waals surface area contributed by atoms with E-state index in [9.17, 15) is 22.8 Å². The summed E-state index contributed by atoms with van der Waals surface area (Å²) in [5, 5.41) is 2.28. The highest BCUT2D eigenvalue weighted by Gasteiger charge is 2.40. The van der Waals surface area contributed by atoms with Crippen molar-refractivity contribution in [3.63, 3.8) is 0 Å². The molecule has 0 aliphatic carbocycles. The molecule has 2 rings (SSSR count). The van der Waals surface area contributed by atoms with Gasteiger partial charge in [0.2, 0.25) is 11.8 Å². The first kappa shape index (κ1) is 17.7. The van der Waals surface area contributed by atoms with Gasteiger partial charge in [0, 0.05) is 6.54 Å². The van der Waals surface area contributed by atoms with Crippen molar-refractivity contribution in [3.05, 3.63) is 29.8 Å². The lowest BCUT2D eigenvalue weighted by Gasteiger charge is -2.22. The van der Waals surface area contributed by atoms with Gasteiger partial charge in [0.05, 0.1) is 16.5 Å². The van der Waals surface area contributed by atoms with Gasteiger partial charge in [0.25, 0.3) is 0 Å². The van der Waals surface area contributed by atoms with Gasteiger partial charge in [-0.15, -0.1) is 0 Å². The maximum atomic E-state index is 13.1. The Kier molecular flexibility index (Phi) is 5.23. The van der Waals surface area contributed by atoms with E-state index in [2.05, 4.69) is 5.32 Å². The Bertz CT molecular complexity index is 607. The Balaban J connectivity index is 2.19. The molecule has 0 unspecified atom stereocenters. The quantitative estimate of drug-likeness (QED) is 0.912. The first-order chi connectivity index (χ1) is 10.8. The average Bonchev–Trinajstić information content (AvgIpc) is 2.86. The predicted octanol–water partition coefficient (Wildman–Crippen LogP) is 2.68. The second-order valence-corrected chi connectivity index (χ2v) is 6.41. The fourth-order valence-electron chi connectivity index (χ4n) is 2.40. The molecule has 0 radical (unpaired) electrons. The summed E-state index contributed by atoms with van der Waals surface area (Å²) < 4.78 is 39.2. The third kappa shape index (κ3) is 3.80. The molecule has 2 amide bonds. The van der Waals surface area contributed by atoms with Crippen molar-refractivity contribution < 1.29 is 22.8 Å². The molecule has 4 nitrogen and oxygen atoms in total. The van der Waals surface area contributed by atoms with E-state index in [-0.39, 0.29) is 29.8 Å². The van der Waals surface area contributed by atoms with Crippen LogP contribution in [0.5, 0.6) is 0 Å². The number of para-hydroxylation sites is 1. The number of carbonyl (C=O) groups excluding carboxylic acids is 2. The molecule has 1 saturated heterocycles. The zero-order valence-electron chi connectivity index (χ0n) is 12.7. The van der Waals surface area contributed by atoms with Crippen molar-refractivity contribution >= 4 is 29.3 Å². The van der Waals surface area contributed by atoms with E-state index in [0.29, 0.717) is 0 Å². The number of amides is 2. The van der Waals surface area contributed by atoms with Gasteiger partial charge in [-0.05, 0) is 31.7 Å². The van der Waals surface area contributed by atoms with Crippen LogP contribution in [0.25, 0.3) is 0 Å². The fraction of sp³-hybridized carbons (Fsp3) is 0.467. The van der Waals surface area contributed by atoms with Crippen molar-refractivity contribution in [1.29, 1.82) is 0 Å². The van der Waals surface area contributed by atoms with E-state index >= 15 is 0 Å². The first-order valence-electron chi connectivity index (χ1n) is 7.06. The van der Waals surface area contributed by atoms with Gasteiger partial charge in [-0.2, -0.15) is 24.9 Å². The molecule has 1 aromatic carbocycles. The number of nitrogens with one attached hydrogen (secondary N) is 1. The lowest BCUT2D eigenvalue weighted by molar-refractivity contribution is -0.137. The van der Waals surface area contributed by atoms with Gasteiger partial charge in [0.1, 0.15) is 6.04 Å². The Morgan fingerprint density at radius 2 is 2.04 bits per heavy atom. The van der Waals surface area contributed by atoms with Crippen molar-refractivity contribution in [2.75, 3.05) is 17.7 Å². The maximum absolute atomic E-state index is 13.1. The summed E-state index contributed by atoms with van der Waals surface area (Å²) in [6.07, 6.45) is -2.48. The summed E-state index contributed by atoms with van der Waals surface area (Å²) >= 11 is 1.33. The van der Waals surface area contributed by atoms with Crippen molar-refractivity contribution in [3.8, 4) is 0 Å². The lowest BCUT2D eigenvalue weighted by atomic mass is 10.1. The minimum Gasteiger partial charge on any atom is -0.343 e. The van der Waals surface area contributed by atoms with E-state index in [0.717, 1.165) is 11.0 Å². The van der Waals surface area contributed by atoms with Crippen molar-refractivity contribution in [1.82, 2.24) is 5.32 Å². The monoisotopic (exact) mass is 346 g/mol. The third-order valence-electron chi connectivity index (χ3n) is 3.75. The van der Waals surface area contributed by atoms with Crippen LogP contribution in [0.4, 0.5) is 18.9 Å². The van der Waals surface area contributed by atoms with Crippen LogP contribution in [0.15, 0.2) is 24.3 Å². The number of halogens is 3. The second kappa shape index (κ2) is 6.82. The topological polar surface area (TPSA) is 49.4 Å². The minimum atomic E-state index is -4.54. The van der Waals surface area contributed by atoms with Crippen molar-refractivity contribution in [2.45, 2.75) is 30.8 Å². The summed E-state index contributed by atoms with van der Waals surface area (Å²) in [5.41, 5.74) is -1.02. The van der Waals surface area contributed by atoms with E-state index in [4.69, 9.17) is 0 Å². The molecule has 1 N–H and O–H groups in total. The molecule has 1 heterocycles. The highest BCUT2D eigenvalue weighted by atomic mass is 32.2. The summed E-state index contributed by atoms with van der Waals surface area (Å²) in [4.78, 5) is 25.3. The Hall–Kier alpha value is -1.70. The Morgan fingerprint density at radius 3 is 2.65 bits per heavy atom. The molecule has 0 saturated carbocycles. The number of thioether (sulfide) groups is 1. The first-order valence-corrected chi connectivity index (χ1v) is 8.35. The molecular weight excluding hydrogens is 329 g/mol. The summed E-state index contributed by atoms with van der Waals surface area (Å²) in [6.45, 7) is 1.85. The predicted molar refractivity (Wildman–Crippen MR) is 83.3 cm³/mol. The van der Waals surface area contributed by atoms with Crippen LogP contribution in [0.2, 0.25) is 0 Å². The average molecular weight is 346 g/mol. The molecular formula is C15H17F3N2O2S. The van der Waals surface area contributed by atoms with Crippen LogP contribution in [0.3, 0.4) is 0 Å². The normalized spacial score (nSPS) is 19.8. The van der Waals surface area contributed by atoms with Crippen LogP contribution < -0.4 is 10.2 Å². The highest BCUT2D eigenvalue weighted by Crippen LogP contribution is 2.37. The zero-order chi connectivity index (χ0) is 17.2. The number of hydrogen-bond donors (Lipinski definition) is 1. The van der Waals surface area contributed by atoms with E-state index in [1.807, 2.05) is 0 Å². The van der Waals surface area contributed by atoms with Gasteiger partial charge >= 0.3 is 6.18 Å². The van der Waals surface area contributed by atoms with E-state index in [1.54, 1.807) is 13.2 Å². The number of alkyl halides is 3. The number of hydrogen-bond acceptors (Lipinski definition) is 3. The lowest BCUT2D eigenvalue weighted by Crippen LogP contribution is -2.44. The van der Waals surface area contributed by atoms with Crippen LogP contribution in [0, 0.1) is 0 Å². The SMILES string of the molecule is CS[C@H](C)C(=O)N[C@H]1CCN(c2ccccc2C(F)(F)F)C1=O. The molecule has 2 atom stereocenters. The van der Waals surface area contributed by atoms with E-state index in [1.165, 1.54) is 30.0 Å². The molecule has 0 bridgehead atoms. The largest absolute Gasteiger partial charge is 0.418 e. The molecule has 0 spiro atoms. The number of anilines is 1. The van der Waals surface area contributed by atoms with Crippen LogP contribution in [-0.2, 0) is 15.8 Å². The minimum absolute atomic E-state index is 0.143. The molecule has 1 aliphatic heterocycles. The number of benzene rings is 1. The molecule has 1 aromatic rings. The second-order valence-electron chi connectivity index (χ2n) is 5.23. The molecule has 126 valence electrons. The van der Waals surface area contributed by atoms with Gasteiger partial charge < -0.3 is 10.2 Å². The third-order valence-corrected chi connectivity index (χ3v) is 4.67. The zero-order valence-corrected chi connectivity index (χ0v) is 13.5. The molecule has 8 heteroatoms. The van der Waals surface area contributed by atoms with Crippen LogP contribution in [-0.4, -0.2) is 35.9 Å². The summed E-state index contributed by atoms with van der Waals surface area (Å²) in [5.74, 6) is -0.801. The van der Waals surface area contributed by atoms with Gasteiger partial charge in [0.15, 0.2) is 0 Å². The summed E-state index contributed by atoms with van der Waals surface area (Å²) in [6, 6.07) is 4.18. The Morgan fingerprint density at radius 1 is 1.39 bits per heavy atom. The summed E-state index contributed by atoms with van der Waals surface area (Å²) in [7, 11) is 0. The van der Waals surface area contributed by atoms with Crippen LogP contribution >= 0.6 is 11.8 Å². The number of rotatable bonds is 4. The molecule has 0 aromatic heterocycles. The van der Waals surface area contributed by atoms with Gasteiger partial charge in [-0.25, -0.2) is 0 Å². The number of nitrogens with zero attached hydrogens (tertiary/aromatic N) is 1. The highest BCUT2D eigenvalue weighted by molar-refractivity contribution is 7.99. The van der Waals surface area contributed by atoms with Crippen molar-refractivity contribution in [2.24, 2.45) is 0 Å². The van der Waals surface area contributed by atoms with Gasteiger partial charge in [-0.1, -0.05) is 12.1 Å². The van der Waals surface area contributed by atoms with Crippen LogP contribution in [0.1, 0.15) is 18.9 Å². The standard InChI is InChI=1S/C15H17F3N2O2S/c1-9(23-2)13(21)19-11-7-8-20(14(11)22)12-6-4-3-5-10(12)15(16,17)18/h3-6,9,11H,7-8H2,1-2H3,(H,19,21)/t9-,11+/m1/s1. The molecule has 1 fully saturated rings. The fourth-order valence-corrected chi connectivity index (χ4v) is 2.68.